The molecule has 0 atom stereocenters. The van der Waals surface area contributed by atoms with Crippen molar-refractivity contribution in [2.75, 3.05) is 13.2 Å². The molecule has 5 rings (SSSR count). The molecule has 0 aliphatic carbocycles. The zero-order chi connectivity index (χ0) is 45.1. The van der Waals surface area contributed by atoms with Crippen LogP contribution >= 0.6 is 0 Å². The van der Waals surface area contributed by atoms with Gasteiger partial charge in [0.1, 0.15) is 56.1 Å². The second-order valence-electron chi connectivity index (χ2n) is 12.4. The number of hydrogen-bond donors (Lipinski definition) is 7. The van der Waals surface area contributed by atoms with Crippen molar-refractivity contribution >= 4 is 77.0 Å². The van der Waals surface area contributed by atoms with Crippen LogP contribution in [0, 0.1) is 6.92 Å². The normalized spacial score (nSPS) is 12.2. The summed E-state index contributed by atoms with van der Waals surface area (Å²) in [5, 5.41) is 65.3. The molecule has 0 radical (unpaired) electrons. The lowest BCUT2D eigenvalue weighted by molar-refractivity contribution is 0.0697. The highest BCUT2D eigenvalue weighted by Crippen LogP contribution is 2.47. The molecule has 0 spiro atoms. The van der Waals surface area contributed by atoms with Gasteiger partial charge in [-0.15, -0.1) is 25.6 Å². The molecule has 8 N–H and O–H groups in total. The number of primary amides is 1. The van der Waals surface area contributed by atoms with Gasteiger partial charge in [-0.3, -0.25) is 23.3 Å². The van der Waals surface area contributed by atoms with Crippen LogP contribution in [0.5, 0.6) is 28.9 Å². The maximum atomic E-state index is 12.6. The molecular formula is C36H34N8O15S2. The van der Waals surface area contributed by atoms with Crippen LogP contribution in [0.4, 0.5) is 34.1 Å². The zero-order valence-electron chi connectivity index (χ0n) is 32.1. The average molecular weight is 883 g/mol. The fourth-order valence-corrected chi connectivity index (χ4v) is 6.98. The van der Waals surface area contributed by atoms with Gasteiger partial charge < -0.3 is 35.6 Å². The second kappa shape index (κ2) is 17.5. The fraction of sp³-hybridized carbons (Fsp3) is 0.194. The Hall–Kier alpha value is -7.35. The monoisotopic (exact) mass is 882 g/mol. The second-order valence-corrected chi connectivity index (χ2v) is 15.2. The third-order valence-electron chi connectivity index (χ3n) is 8.54. The Balaban J connectivity index is 1.57. The number of carbonyl (C=O) groups is 2. The number of fused-ring (bicyclic) bond motifs is 1. The molecule has 1 heterocycles. The number of aromatic hydroxyl groups is 3. The number of aromatic nitrogens is 1. The zero-order valence-corrected chi connectivity index (χ0v) is 33.8. The van der Waals surface area contributed by atoms with Gasteiger partial charge in [0.2, 0.25) is 5.88 Å². The third-order valence-corrected chi connectivity index (χ3v) is 10.2. The molecule has 0 aliphatic rings. The van der Waals surface area contributed by atoms with Crippen molar-refractivity contribution in [1.82, 2.24) is 4.57 Å². The minimum absolute atomic E-state index is 0.0222. The SMILES string of the molecule is CCOc1cc(/N=N/c2c(S(=O)(=O)O)cc3cc(S(=O)(=O)O)cc(O)c3c2O)c(OCC)cc1/N=N/c1ccc(/N=N/c2c(C)c(C(N)=O)c(=O)n(CC)c2O)cc1C(=O)O. The summed E-state index contributed by atoms with van der Waals surface area (Å²) in [5.74, 6) is -5.15. The Kier molecular flexibility index (Phi) is 12.8. The van der Waals surface area contributed by atoms with Gasteiger partial charge in [-0.05, 0) is 63.4 Å². The number of carbonyl (C=O) groups excluding carboxylic acids is 1. The minimum atomic E-state index is -5.21. The van der Waals surface area contributed by atoms with Gasteiger partial charge in [0.05, 0.1) is 34.7 Å². The molecule has 23 nitrogen and oxygen atoms in total. The van der Waals surface area contributed by atoms with E-state index < -0.39 is 92.4 Å². The number of carboxylic acid groups (broad SMARTS) is 1. The minimum Gasteiger partial charge on any atom is -0.507 e. The summed E-state index contributed by atoms with van der Waals surface area (Å²) < 4.78 is 79.8. The van der Waals surface area contributed by atoms with E-state index in [4.69, 9.17) is 15.2 Å². The van der Waals surface area contributed by atoms with E-state index in [1.165, 1.54) is 38.1 Å². The Bertz CT molecular complexity index is 3020. The van der Waals surface area contributed by atoms with Crippen LogP contribution in [0.25, 0.3) is 10.8 Å². The van der Waals surface area contributed by atoms with E-state index >= 15 is 0 Å². The smallest absolute Gasteiger partial charge is 0.338 e. The van der Waals surface area contributed by atoms with Crippen molar-refractivity contribution in [3.05, 3.63) is 75.6 Å². The van der Waals surface area contributed by atoms with Crippen molar-refractivity contribution in [2.24, 2.45) is 36.4 Å². The predicted molar refractivity (Wildman–Crippen MR) is 213 cm³/mol. The quantitative estimate of drug-likeness (QED) is 0.0421. The molecular weight excluding hydrogens is 849 g/mol. The molecule has 320 valence electrons. The largest absolute Gasteiger partial charge is 0.507 e. The number of aromatic carboxylic acids is 1. The highest BCUT2D eigenvalue weighted by Gasteiger charge is 2.26. The molecule has 4 aromatic carbocycles. The molecule has 0 aliphatic heterocycles. The number of phenols is 2. The van der Waals surface area contributed by atoms with Crippen LogP contribution in [-0.4, -0.2) is 76.0 Å². The van der Waals surface area contributed by atoms with Gasteiger partial charge in [-0.2, -0.15) is 21.9 Å². The number of rotatable bonds is 15. The van der Waals surface area contributed by atoms with Crippen molar-refractivity contribution < 1.29 is 65.4 Å². The highest BCUT2D eigenvalue weighted by atomic mass is 32.2. The molecule has 0 saturated heterocycles. The molecule has 0 fully saturated rings. The van der Waals surface area contributed by atoms with Crippen LogP contribution in [0.1, 0.15) is 47.1 Å². The van der Waals surface area contributed by atoms with Crippen LogP contribution in [0.15, 0.2) is 93.8 Å². The summed E-state index contributed by atoms with van der Waals surface area (Å²) in [5.41, 5.74) is 2.14. The number of nitrogens with two attached hydrogens (primary N) is 1. The number of benzene rings is 4. The van der Waals surface area contributed by atoms with Crippen molar-refractivity contribution in [3.63, 3.8) is 0 Å². The summed E-state index contributed by atoms with van der Waals surface area (Å²) in [7, 11) is -10.1. The van der Waals surface area contributed by atoms with E-state index in [1.54, 1.807) is 13.8 Å². The first-order valence-corrected chi connectivity index (χ1v) is 20.3. The number of ether oxygens (including phenoxy) is 2. The molecule has 0 saturated carbocycles. The van der Waals surface area contributed by atoms with Crippen molar-refractivity contribution in [1.29, 1.82) is 0 Å². The summed E-state index contributed by atoms with van der Waals surface area (Å²) in [6, 6.07) is 8.17. The van der Waals surface area contributed by atoms with E-state index in [9.17, 15) is 60.8 Å². The predicted octanol–water partition coefficient (Wildman–Crippen LogP) is 6.78. The summed E-state index contributed by atoms with van der Waals surface area (Å²) >= 11 is 0. The number of nitrogens with zero attached hydrogens (tertiary/aromatic N) is 7. The van der Waals surface area contributed by atoms with Crippen LogP contribution in [0.2, 0.25) is 0 Å². The van der Waals surface area contributed by atoms with E-state index in [2.05, 4.69) is 30.7 Å². The number of carboxylic acids is 1. The third kappa shape index (κ3) is 9.28. The lowest BCUT2D eigenvalue weighted by Crippen LogP contribution is -2.30. The molecule has 1 amide bonds. The van der Waals surface area contributed by atoms with E-state index in [0.29, 0.717) is 12.1 Å². The number of azo groups is 3. The maximum Gasteiger partial charge on any atom is 0.338 e. The molecule has 5 aromatic rings. The highest BCUT2D eigenvalue weighted by molar-refractivity contribution is 7.86. The van der Waals surface area contributed by atoms with Crippen molar-refractivity contribution in [3.8, 4) is 28.9 Å². The molecule has 25 heteroatoms. The number of amides is 1. The average Bonchev–Trinajstić information content (AvgIpc) is 3.16. The van der Waals surface area contributed by atoms with Gasteiger partial charge in [-0.25, -0.2) is 4.79 Å². The Morgan fingerprint density at radius 2 is 1.33 bits per heavy atom. The topological polar surface area (TPSA) is 364 Å². The number of hydrogen-bond acceptors (Lipinski definition) is 18. The first kappa shape index (κ1) is 44.7. The lowest BCUT2D eigenvalue weighted by atomic mass is 10.1. The fourth-order valence-electron chi connectivity index (χ4n) is 5.79. The van der Waals surface area contributed by atoms with E-state index in [-0.39, 0.29) is 65.3 Å². The molecule has 0 unspecified atom stereocenters. The Morgan fingerprint density at radius 3 is 1.85 bits per heavy atom. The van der Waals surface area contributed by atoms with Crippen molar-refractivity contribution in [2.45, 2.75) is 44.0 Å². The molecule has 1 aromatic heterocycles. The first-order chi connectivity index (χ1) is 28.6. The number of phenolic OH excluding ortho intramolecular Hbond substituents is 2. The standard InChI is InChI=1S/C36H34N8O15S2/c1-5-44-34(48)28(33(37)47)16(4)30(35(44)49)42-38-18-8-9-21(20(12-18)36(50)51)39-40-22-14-26(59-7-3)23(15-25(22)58-6-2)41-43-31-27(61(55,56)57)11-17-10-19(60(52,53)54)13-24(45)29(17)32(31)46/h8-15,45-46,49H,5-7H2,1-4H3,(H2,37,47)(H,50,51)(H,52,53,54)(H,55,56,57)/b40-39+,42-38+,43-41+. The number of pyridine rings is 1. The van der Waals surface area contributed by atoms with E-state index in [1.807, 2.05) is 0 Å². The summed E-state index contributed by atoms with van der Waals surface area (Å²) in [6.07, 6.45) is 0. The first-order valence-electron chi connectivity index (χ1n) is 17.4. The van der Waals surface area contributed by atoms with Crippen LogP contribution in [0.3, 0.4) is 0 Å². The molecule has 0 bridgehead atoms. The van der Waals surface area contributed by atoms with Crippen LogP contribution < -0.4 is 20.8 Å². The summed E-state index contributed by atoms with van der Waals surface area (Å²) in [4.78, 5) is 35.0. The van der Waals surface area contributed by atoms with E-state index in [0.717, 1.165) is 16.7 Å². The molecule has 61 heavy (non-hydrogen) atoms. The maximum absolute atomic E-state index is 12.6. The van der Waals surface area contributed by atoms with Gasteiger partial charge in [0.25, 0.3) is 31.7 Å². The van der Waals surface area contributed by atoms with Gasteiger partial charge in [0.15, 0.2) is 5.75 Å². The Labute approximate surface area is 344 Å². The van der Waals surface area contributed by atoms with Crippen LogP contribution in [-0.2, 0) is 26.8 Å². The van der Waals surface area contributed by atoms with Gasteiger partial charge >= 0.3 is 5.97 Å². The van der Waals surface area contributed by atoms with Gasteiger partial charge in [-0.1, -0.05) is 0 Å². The lowest BCUT2D eigenvalue weighted by Gasteiger charge is -2.13. The van der Waals surface area contributed by atoms with Gasteiger partial charge in [0, 0.05) is 30.3 Å². The summed E-state index contributed by atoms with van der Waals surface area (Å²) in [6.45, 7) is 6.12. The Morgan fingerprint density at radius 1 is 0.754 bits per heavy atom.